The van der Waals surface area contributed by atoms with E-state index in [2.05, 4.69) is 10.4 Å². The minimum Gasteiger partial charge on any atom is -0.383 e. The van der Waals surface area contributed by atoms with Crippen LogP contribution < -0.4 is 5.32 Å². The van der Waals surface area contributed by atoms with Gasteiger partial charge in [0.25, 0.3) is 0 Å². The molecule has 2 amide bonds. The van der Waals surface area contributed by atoms with Crippen molar-refractivity contribution in [3.05, 3.63) is 48.3 Å². The van der Waals surface area contributed by atoms with E-state index in [4.69, 9.17) is 4.74 Å². The van der Waals surface area contributed by atoms with Crippen molar-refractivity contribution in [3.8, 4) is 0 Å². The molecule has 1 heterocycles. The summed E-state index contributed by atoms with van der Waals surface area (Å²) in [4.78, 5) is 13.7. The highest BCUT2D eigenvalue weighted by Gasteiger charge is 2.15. The molecule has 0 saturated heterocycles. The first-order chi connectivity index (χ1) is 10.6. The van der Waals surface area contributed by atoms with E-state index in [1.165, 1.54) is 0 Å². The van der Waals surface area contributed by atoms with Gasteiger partial charge in [-0.1, -0.05) is 12.1 Å². The maximum Gasteiger partial charge on any atom is 0.321 e. The number of hydrogen-bond donors (Lipinski definition) is 1. The Labute approximate surface area is 130 Å². The molecule has 118 valence electrons. The number of hydrogen-bond acceptors (Lipinski definition) is 3. The highest BCUT2D eigenvalue weighted by atomic mass is 16.5. The lowest BCUT2D eigenvalue weighted by Gasteiger charge is -2.24. The Morgan fingerprint density at radius 2 is 2.14 bits per heavy atom. The number of carbonyl (C=O) groups excluding carboxylic acids is 1. The molecule has 22 heavy (non-hydrogen) atoms. The van der Waals surface area contributed by atoms with Gasteiger partial charge in [0.1, 0.15) is 0 Å². The summed E-state index contributed by atoms with van der Waals surface area (Å²) >= 11 is 0. The van der Waals surface area contributed by atoms with Gasteiger partial charge in [-0.3, -0.25) is 4.68 Å². The normalized spacial score (nSPS) is 12.0. The molecule has 6 nitrogen and oxygen atoms in total. The lowest BCUT2D eigenvalue weighted by Crippen LogP contribution is -2.40. The molecule has 1 aromatic carbocycles. The van der Waals surface area contributed by atoms with Crippen molar-refractivity contribution in [2.24, 2.45) is 0 Å². The summed E-state index contributed by atoms with van der Waals surface area (Å²) in [6.07, 6.45) is 3.67. The van der Waals surface area contributed by atoms with Crippen LogP contribution in [0.2, 0.25) is 0 Å². The molecule has 0 spiro atoms. The first-order valence-electron chi connectivity index (χ1n) is 7.19. The van der Waals surface area contributed by atoms with Crippen LogP contribution in [-0.2, 0) is 11.3 Å². The SMILES string of the molecule is COCC(C)N(C)C(=O)Nc1ccc(Cn2cccn2)cc1. The van der Waals surface area contributed by atoms with E-state index in [1.807, 2.05) is 48.1 Å². The van der Waals surface area contributed by atoms with Gasteiger partial charge in [0.15, 0.2) is 0 Å². The average molecular weight is 302 g/mol. The molecular weight excluding hydrogens is 280 g/mol. The maximum atomic E-state index is 12.1. The summed E-state index contributed by atoms with van der Waals surface area (Å²) in [5.41, 5.74) is 1.90. The summed E-state index contributed by atoms with van der Waals surface area (Å²) in [6, 6.07) is 9.52. The molecule has 0 aliphatic rings. The Hall–Kier alpha value is -2.34. The van der Waals surface area contributed by atoms with Crippen LogP contribution in [0.3, 0.4) is 0 Å². The lowest BCUT2D eigenvalue weighted by atomic mass is 10.2. The number of methoxy groups -OCH3 is 1. The van der Waals surface area contributed by atoms with Gasteiger partial charge in [0.2, 0.25) is 0 Å². The second-order valence-corrected chi connectivity index (χ2v) is 5.25. The van der Waals surface area contributed by atoms with Crippen molar-refractivity contribution < 1.29 is 9.53 Å². The molecule has 1 N–H and O–H groups in total. The van der Waals surface area contributed by atoms with Crippen LogP contribution in [0.15, 0.2) is 42.7 Å². The number of nitrogens with one attached hydrogen (secondary N) is 1. The number of nitrogens with zero attached hydrogens (tertiary/aromatic N) is 3. The first kappa shape index (κ1) is 16.0. The number of carbonyl (C=O) groups is 1. The van der Waals surface area contributed by atoms with Crippen molar-refractivity contribution in [2.75, 3.05) is 26.1 Å². The minimum atomic E-state index is -0.149. The summed E-state index contributed by atoms with van der Waals surface area (Å²) in [7, 11) is 3.38. The second kappa shape index (κ2) is 7.61. The van der Waals surface area contributed by atoms with E-state index >= 15 is 0 Å². The topological polar surface area (TPSA) is 59.4 Å². The van der Waals surface area contributed by atoms with Crippen LogP contribution in [0.1, 0.15) is 12.5 Å². The summed E-state index contributed by atoms with van der Waals surface area (Å²) in [6.45, 7) is 3.16. The van der Waals surface area contributed by atoms with Crippen LogP contribution in [-0.4, -0.2) is 47.5 Å². The highest BCUT2D eigenvalue weighted by molar-refractivity contribution is 5.89. The molecule has 2 aromatic rings. The fraction of sp³-hybridized carbons (Fsp3) is 0.375. The van der Waals surface area contributed by atoms with Crippen molar-refractivity contribution in [1.82, 2.24) is 14.7 Å². The van der Waals surface area contributed by atoms with E-state index in [-0.39, 0.29) is 12.1 Å². The Morgan fingerprint density at radius 1 is 1.41 bits per heavy atom. The van der Waals surface area contributed by atoms with Crippen LogP contribution in [0.4, 0.5) is 10.5 Å². The number of amides is 2. The summed E-state index contributed by atoms with van der Waals surface area (Å²) < 4.78 is 6.92. The number of ether oxygens (including phenoxy) is 1. The van der Waals surface area contributed by atoms with Crippen molar-refractivity contribution in [3.63, 3.8) is 0 Å². The van der Waals surface area contributed by atoms with Crippen LogP contribution in [0, 0.1) is 0 Å². The maximum absolute atomic E-state index is 12.1. The van der Waals surface area contributed by atoms with E-state index in [0.717, 1.165) is 11.3 Å². The average Bonchev–Trinajstić information content (AvgIpc) is 3.01. The van der Waals surface area contributed by atoms with Gasteiger partial charge >= 0.3 is 6.03 Å². The molecule has 0 fully saturated rings. The fourth-order valence-electron chi connectivity index (χ4n) is 2.04. The molecule has 0 aliphatic carbocycles. The Kier molecular flexibility index (Phi) is 5.55. The standard InChI is InChI=1S/C16H22N4O2/c1-13(12-22-3)19(2)16(21)18-15-7-5-14(6-8-15)11-20-10-4-9-17-20/h4-10,13H,11-12H2,1-3H3,(H,18,21). The minimum absolute atomic E-state index is 0.0177. The number of benzene rings is 1. The quantitative estimate of drug-likeness (QED) is 0.891. The predicted octanol–water partition coefficient (Wildman–Crippen LogP) is 2.43. The first-order valence-corrected chi connectivity index (χ1v) is 7.19. The second-order valence-electron chi connectivity index (χ2n) is 5.25. The monoisotopic (exact) mass is 302 g/mol. The molecule has 0 saturated carbocycles. The molecule has 2 rings (SSSR count). The third kappa shape index (κ3) is 4.33. The van der Waals surface area contributed by atoms with Gasteiger partial charge < -0.3 is 15.0 Å². The third-order valence-electron chi connectivity index (χ3n) is 3.50. The zero-order valence-electron chi connectivity index (χ0n) is 13.2. The molecule has 1 unspecified atom stereocenters. The van der Waals surface area contributed by atoms with Crippen molar-refractivity contribution >= 4 is 11.7 Å². The van der Waals surface area contributed by atoms with Gasteiger partial charge in [-0.2, -0.15) is 5.10 Å². The number of rotatable bonds is 6. The number of anilines is 1. The van der Waals surface area contributed by atoms with E-state index < -0.39 is 0 Å². The predicted molar refractivity (Wildman–Crippen MR) is 85.9 cm³/mol. The zero-order chi connectivity index (χ0) is 15.9. The molecular formula is C16H22N4O2. The zero-order valence-corrected chi connectivity index (χ0v) is 13.2. The summed E-state index contributed by atoms with van der Waals surface area (Å²) in [5.74, 6) is 0. The van der Waals surface area contributed by atoms with Crippen LogP contribution in [0.25, 0.3) is 0 Å². The van der Waals surface area contributed by atoms with E-state index in [9.17, 15) is 4.79 Å². The molecule has 1 aromatic heterocycles. The van der Waals surface area contributed by atoms with Crippen LogP contribution in [0.5, 0.6) is 0 Å². The van der Waals surface area contributed by atoms with E-state index in [1.54, 1.807) is 25.3 Å². The lowest BCUT2D eigenvalue weighted by molar-refractivity contribution is 0.128. The van der Waals surface area contributed by atoms with Gasteiger partial charge in [-0.15, -0.1) is 0 Å². The molecule has 6 heteroatoms. The van der Waals surface area contributed by atoms with Crippen molar-refractivity contribution in [1.29, 1.82) is 0 Å². The Morgan fingerprint density at radius 3 is 2.73 bits per heavy atom. The van der Waals surface area contributed by atoms with Gasteiger partial charge in [-0.25, -0.2) is 4.79 Å². The number of likely N-dealkylation sites (N-methyl/N-ethyl adjacent to an activating group) is 1. The molecule has 0 radical (unpaired) electrons. The van der Waals surface area contributed by atoms with Crippen molar-refractivity contribution in [2.45, 2.75) is 19.5 Å². The molecule has 1 atom stereocenters. The number of aromatic nitrogens is 2. The third-order valence-corrected chi connectivity index (χ3v) is 3.50. The smallest absolute Gasteiger partial charge is 0.321 e. The fourth-order valence-corrected chi connectivity index (χ4v) is 2.04. The van der Waals surface area contributed by atoms with E-state index in [0.29, 0.717) is 13.2 Å². The molecule has 0 bridgehead atoms. The Balaban J connectivity index is 1.91. The van der Waals surface area contributed by atoms with Gasteiger partial charge in [-0.05, 0) is 30.7 Å². The Bertz CT molecular complexity index is 581. The number of urea groups is 1. The van der Waals surface area contributed by atoms with Crippen LogP contribution >= 0.6 is 0 Å². The van der Waals surface area contributed by atoms with Gasteiger partial charge in [0.05, 0.1) is 19.2 Å². The largest absolute Gasteiger partial charge is 0.383 e. The van der Waals surface area contributed by atoms with Gasteiger partial charge in [0, 0.05) is 32.2 Å². The highest BCUT2D eigenvalue weighted by Crippen LogP contribution is 2.12. The summed E-state index contributed by atoms with van der Waals surface area (Å²) in [5, 5.41) is 7.05. The molecule has 0 aliphatic heterocycles.